The first-order chi connectivity index (χ1) is 19.6. The fourth-order valence-electron chi connectivity index (χ4n) is 6.14. The fourth-order valence-corrected chi connectivity index (χ4v) is 6.14. The third-order valence-corrected chi connectivity index (χ3v) is 8.60. The molecule has 40 heavy (non-hydrogen) atoms. The average Bonchev–Trinajstić information content (AvgIpc) is 2.93. The van der Waals surface area contributed by atoms with E-state index in [9.17, 15) is 4.79 Å². The smallest absolute Gasteiger partial charge is 0.450 e. The lowest BCUT2D eigenvalue weighted by Crippen LogP contribution is -2.31. The van der Waals surface area contributed by atoms with Crippen LogP contribution in [0.2, 0.25) is 0 Å². The first-order valence-electron chi connectivity index (χ1n) is 17.5. The molecule has 1 saturated heterocycles. The van der Waals surface area contributed by atoms with Gasteiger partial charge in [0.05, 0.1) is 0 Å². The zero-order valence-electron chi connectivity index (χ0n) is 26.8. The molecule has 1 aliphatic heterocycles. The summed E-state index contributed by atoms with van der Waals surface area (Å²) in [6.45, 7) is 4.86. The molecule has 0 saturated carbocycles. The Hall–Kier alpha value is -1.29. The minimum atomic E-state index is -1.11. The second-order valence-electron chi connectivity index (χ2n) is 12.6. The monoisotopic (exact) mass is 562 g/mol. The molecular weight excluding hydrogens is 494 g/mol. The van der Waals surface area contributed by atoms with Gasteiger partial charge in [0.2, 0.25) is 0 Å². The van der Waals surface area contributed by atoms with E-state index in [4.69, 9.17) is 9.84 Å². The summed E-state index contributed by atoms with van der Waals surface area (Å²) in [5, 5.41) is 9.12. The van der Waals surface area contributed by atoms with Crippen LogP contribution in [0.3, 0.4) is 0 Å². The zero-order valence-corrected chi connectivity index (χ0v) is 26.8. The van der Waals surface area contributed by atoms with Crippen LogP contribution in [0.25, 0.3) is 0 Å². The molecule has 1 aliphatic rings. The maximum atomic E-state index is 11.1. The van der Waals surface area contributed by atoms with Gasteiger partial charge in [-0.3, -0.25) is 0 Å². The van der Waals surface area contributed by atoms with Gasteiger partial charge in [0.15, 0.2) is 0 Å². The number of piperidine rings is 1. The van der Waals surface area contributed by atoms with Crippen molar-refractivity contribution < 1.29 is 14.6 Å². The van der Waals surface area contributed by atoms with Crippen LogP contribution in [0.1, 0.15) is 167 Å². The van der Waals surface area contributed by atoms with Gasteiger partial charge < -0.3 is 14.7 Å². The molecule has 4 nitrogen and oxygen atoms in total. The maximum Gasteiger partial charge on any atom is 0.506 e. The molecule has 1 heterocycles. The van der Waals surface area contributed by atoms with Gasteiger partial charge in [-0.25, -0.2) is 4.79 Å². The topological polar surface area (TPSA) is 49.8 Å². The van der Waals surface area contributed by atoms with E-state index in [-0.39, 0.29) is 6.10 Å². The number of carbonyl (C=O) groups is 1. The number of rotatable bonds is 27. The van der Waals surface area contributed by atoms with E-state index < -0.39 is 6.16 Å². The van der Waals surface area contributed by atoms with E-state index in [1.165, 1.54) is 142 Å². The lowest BCUT2D eigenvalue weighted by Gasteiger charge is -2.29. The van der Waals surface area contributed by atoms with E-state index in [0.717, 1.165) is 38.0 Å². The van der Waals surface area contributed by atoms with Gasteiger partial charge >= 0.3 is 6.16 Å². The van der Waals surface area contributed by atoms with Crippen molar-refractivity contribution >= 4 is 6.16 Å². The highest BCUT2D eigenvalue weighted by Crippen LogP contribution is 2.22. The number of ether oxygens (including phenoxy) is 1. The Morgan fingerprint density at radius 1 is 0.775 bits per heavy atom. The van der Waals surface area contributed by atoms with Crippen molar-refractivity contribution in [3.05, 3.63) is 24.3 Å². The SMILES string of the molecule is CCCCCC=CCC=CCCCCCCCC(CCCCCCCCCCCC1CCCN(C)C1)OC(=O)O. The number of nitrogens with zero attached hydrogens (tertiary/aromatic N) is 1. The molecule has 1 fully saturated rings. The largest absolute Gasteiger partial charge is 0.506 e. The molecule has 1 rings (SSSR count). The summed E-state index contributed by atoms with van der Waals surface area (Å²) >= 11 is 0. The van der Waals surface area contributed by atoms with Crippen LogP contribution in [0, 0.1) is 5.92 Å². The van der Waals surface area contributed by atoms with Crippen LogP contribution in [0.5, 0.6) is 0 Å². The standard InChI is InChI=1S/C36H67NO3/c1-3-4-5-6-7-8-9-10-11-12-13-16-19-22-25-30-35(40-36(38)39)31-26-23-20-17-14-15-18-21-24-28-34-29-27-32-37(2)33-34/h7-8,10-11,34-35H,3-6,9,12-33H2,1-2H3,(H,38,39). The summed E-state index contributed by atoms with van der Waals surface area (Å²) < 4.78 is 5.20. The predicted molar refractivity (Wildman–Crippen MR) is 173 cm³/mol. The normalized spacial score (nSPS) is 17.2. The fraction of sp³-hybridized carbons (Fsp3) is 0.861. The van der Waals surface area contributed by atoms with Crippen molar-refractivity contribution in [2.45, 2.75) is 174 Å². The molecule has 4 heteroatoms. The van der Waals surface area contributed by atoms with Crippen LogP contribution >= 0.6 is 0 Å². The van der Waals surface area contributed by atoms with Gasteiger partial charge in [-0.1, -0.05) is 115 Å². The highest BCUT2D eigenvalue weighted by Gasteiger charge is 2.16. The summed E-state index contributed by atoms with van der Waals surface area (Å²) in [6, 6.07) is 0. The first-order valence-corrected chi connectivity index (χ1v) is 17.5. The van der Waals surface area contributed by atoms with E-state index in [2.05, 4.69) is 43.2 Å². The molecule has 2 atom stereocenters. The lowest BCUT2D eigenvalue weighted by atomic mass is 9.92. The van der Waals surface area contributed by atoms with Gasteiger partial charge in [-0.2, -0.15) is 0 Å². The number of hydrogen-bond donors (Lipinski definition) is 1. The van der Waals surface area contributed by atoms with Crippen molar-refractivity contribution in [1.82, 2.24) is 4.90 Å². The Kier molecular flexibility index (Phi) is 25.6. The molecule has 0 bridgehead atoms. The first kappa shape index (κ1) is 36.7. The van der Waals surface area contributed by atoms with Crippen LogP contribution in [-0.2, 0) is 4.74 Å². The molecule has 2 unspecified atom stereocenters. The summed E-state index contributed by atoms with van der Waals surface area (Å²) in [4.78, 5) is 13.6. The Balaban J connectivity index is 1.91. The second kappa shape index (κ2) is 27.9. The summed E-state index contributed by atoms with van der Waals surface area (Å²) in [6.07, 6.45) is 39.3. The minimum absolute atomic E-state index is 0.112. The summed E-state index contributed by atoms with van der Waals surface area (Å²) in [5.74, 6) is 0.947. The molecular formula is C36H67NO3. The Labute approximate surface area is 249 Å². The van der Waals surface area contributed by atoms with Gasteiger partial charge in [0.1, 0.15) is 6.10 Å². The highest BCUT2D eigenvalue weighted by molar-refractivity contribution is 5.57. The Morgan fingerprint density at radius 3 is 1.85 bits per heavy atom. The molecule has 0 amide bonds. The van der Waals surface area contributed by atoms with Crippen molar-refractivity contribution in [2.24, 2.45) is 5.92 Å². The molecule has 1 N–H and O–H groups in total. The third kappa shape index (κ3) is 24.5. The van der Waals surface area contributed by atoms with Crippen molar-refractivity contribution in [3.63, 3.8) is 0 Å². The van der Waals surface area contributed by atoms with E-state index in [1.54, 1.807) is 0 Å². The molecule has 0 aromatic carbocycles. The van der Waals surface area contributed by atoms with Crippen LogP contribution in [0.15, 0.2) is 24.3 Å². The molecule has 0 aliphatic carbocycles. The van der Waals surface area contributed by atoms with Crippen LogP contribution < -0.4 is 0 Å². The number of unbranched alkanes of at least 4 members (excludes halogenated alkanes) is 16. The van der Waals surface area contributed by atoms with Gasteiger partial charge in [0.25, 0.3) is 0 Å². The minimum Gasteiger partial charge on any atom is -0.450 e. The summed E-state index contributed by atoms with van der Waals surface area (Å²) in [7, 11) is 2.27. The number of allylic oxidation sites excluding steroid dienone is 4. The quantitative estimate of drug-likeness (QED) is 0.0615. The number of hydrogen-bond acceptors (Lipinski definition) is 3. The average molecular weight is 562 g/mol. The van der Waals surface area contributed by atoms with Crippen molar-refractivity contribution in [1.29, 1.82) is 0 Å². The Bertz CT molecular complexity index is 617. The highest BCUT2D eigenvalue weighted by atomic mass is 16.7. The molecule has 0 spiro atoms. The maximum absolute atomic E-state index is 11.1. The van der Waals surface area contributed by atoms with E-state index >= 15 is 0 Å². The van der Waals surface area contributed by atoms with E-state index in [1.807, 2.05) is 0 Å². The molecule has 234 valence electrons. The second-order valence-corrected chi connectivity index (χ2v) is 12.6. The van der Waals surface area contributed by atoms with Crippen LogP contribution in [0.4, 0.5) is 4.79 Å². The zero-order chi connectivity index (χ0) is 28.9. The van der Waals surface area contributed by atoms with E-state index in [0.29, 0.717) is 0 Å². The van der Waals surface area contributed by atoms with Crippen LogP contribution in [-0.4, -0.2) is 42.4 Å². The van der Waals surface area contributed by atoms with Gasteiger partial charge in [-0.05, 0) is 96.6 Å². The van der Waals surface area contributed by atoms with Crippen molar-refractivity contribution in [2.75, 3.05) is 20.1 Å². The number of carboxylic acid groups (broad SMARTS) is 1. The third-order valence-electron chi connectivity index (χ3n) is 8.60. The molecule has 0 aromatic heterocycles. The lowest BCUT2D eigenvalue weighted by molar-refractivity contribution is 0.0422. The molecule has 0 radical (unpaired) electrons. The number of likely N-dealkylation sites (tertiary alicyclic amines) is 1. The summed E-state index contributed by atoms with van der Waals surface area (Å²) in [5.41, 5.74) is 0. The van der Waals surface area contributed by atoms with Gasteiger partial charge in [-0.15, -0.1) is 0 Å². The van der Waals surface area contributed by atoms with Crippen molar-refractivity contribution in [3.8, 4) is 0 Å². The van der Waals surface area contributed by atoms with Gasteiger partial charge in [0, 0.05) is 6.54 Å². The predicted octanol–water partition coefficient (Wildman–Crippen LogP) is 11.5. The Morgan fingerprint density at radius 2 is 1.30 bits per heavy atom. The molecule has 0 aromatic rings.